The van der Waals surface area contributed by atoms with Gasteiger partial charge in [0.05, 0.1) is 17.9 Å². The summed E-state index contributed by atoms with van der Waals surface area (Å²) in [4.78, 5) is 23.4. The van der Waals surface area contributed by atoms with E-state index in [1.807, 2.05) is 6.92 Å². The molecule has 0 aromatic rings. The molecule has 0 radical (unpaired) electrons. The second-order valence-corrected chi connectivity index (χ2v) is 8.12. The summed E-state index contributed by atoms with van der Waals surface area (Å²) in [6.07, 6.45) is 16.6. The predicted octanol–water partition coefficient (Wildman–Crippen LogP) is 6.12. The average molecular weight is 369 g/mol. The Labute approximate surface area is 160 Å². The summed E-state index contributed by atoms with van der Waals surface area (Å²) >= 11 is 0. The quantitative estimate of drug-likeness (QED) is 0.296. The molecular formula is C22H40O4. The van der Waals surface area contributed by atoms with Gasteiger partial charge in [-0.1, -0.05) is 71.1 Å². The molecule has 1 aliphatic rings. The predicted molar refractivity (Wildman–Crippen MR) is 105 cm³/mol. The van der Waals surface area contributed by atoms with E-state index in [-0.39, 0.29) is 23.9 Å². The number of rotatable bonds is 14. The van der Waals surface area contributed by atoms with Gasteiger partial charge in [0.25, 0.3) is 0 Å². The van der Waals surface area contributed by atoms with Crippen LogP contribution in [0.2, 0.25) is 0 Å². The van der Waals surface area contributed by atoms with Gasteiger partial charge >= 0.3 is 11.9 Å². The Morgan fingerprint density at radius 1 is 0.923 bits per heavy atom. The van der Waals surface area contributed by atoms with Gasteiger partial charge in [-0.15, -0.1) is 0 Å². The van der Waals surface area contributed by atoms with Gasteiger partial charge in [-0.05, 0) is 39.0 Å². The van der Waals surface area contributed by atoms with Crippen LogP contribution >= 0.6 is 0 Å². The van der Waals surface area contributed by atoms with Crippen LogP contribution in [0.25, 0.3) is 0 Å². The zero-order chi connectivity index (χ0) is 19.2. The minimum Gasteiger partial charge on any atom is -0.481 e. The molecule has 0 heterocycles. The van der Waals surface area contributed by atoms with Gasteiger partial charge < -0.3 is 9.84 Å². The molecule has 0 aromatic heterocycles. The molecule has 1 rings (SSSR count). The first-order valence-electron chi connectivity index (χ1n) is 11.0. The fourth-order valence-corrected chi connectivity index (χ4v) is 3.90. The third-order valence-electron chi connectivity index (χ3n) is 5.64. The second-order valence-electron chi connectivity index (χ2n) is 8.12. The van der Waals surface area contributed by atoms with Gasteiger partial charge in [0.2, 0.25) is 0 Å². The van der Waals surface area contributed by atoms with E-state index >= 15 is 0 Å². The zero-order valence-electron chi connectivity index (χ0n) is 17.0. The fourth-order valence-electron chi connectivity index (χ4n) is 3.90. The van der Waals surface area contributed by atoms with E-state index in [0.717, 1.165) is 25.7 Å². The molecule has 4 heteroatoms. The number of hydrogen-bond acceptors (Lipinski definition) is 3. The third-order valence-corrected chi connectivity index (χ3v) is 5.64. The molecule has 1 aliphatic carbocycles. The maximum absolute atomic E-state index is 12.2. The van der Waals surface area contributed by atoms with Gasteiger partial charge in [0, 0.05) is 0 Å². The Bertz CT molecular complexity index is 394. The Kier molecular flexibility index (Phi) is 12.4. The lowest BCUT2D eigenvalue weighted by atomic mass is 9.81. The van der Waals surface area contributed by atoms with Crippen LogP contribution in [0.15, 0.2) is 0 Å². The molecule has 0 amide bonds. The van der Waals surface area contributed by atoms with E-state index in [9.17, 15) is 9.59 Å². The molecule has 3 unspecified atom stereocenters. The molecule has 0 bridgehead atoms. The van der Waals surface area contributed by atoms with Crippen molar-refractivity contribution in [2.24, 2.45) is 11.8 Å². The molecule has 152 valence electrons. The number of carboxylic acids is 1. The van der Waals surface area contributed by atoms with Crippen molar-refractivity contribution in [3.05, 3.63) is 0 Å². The molecule has 4 nitrogen and oxygen atoms in total. The molecule has 0 aromatic carbocycles. The lowest BCUT2D eigenvalue weighted by Gasteiger charge is -2.26. The van der Waals surface area contributed by atoms with E-state index in [1.165, 1.54) is 57.8 Å². The summed E-state index contributed by atoms with van der Waals surface area (Å²) in [5.74, 6) is -1.56. The van der Waals surface area contributed by atoms with Crippen LogP contribution in [0.1, 0.15) is 110 Å². The number of aliphatic carboxylic acids is 1. The van der Waals surface area contributed by atoms with Crippen LogP contribution < -0.4 is 0 Å². The van der Waals surface area contributed by atoms with Gasteiger partial charge in [-0.2, -0.15) is 0 Å². The molecule has 1 N–H and O–H groups in total. The maximum atomic E-state index is 12.2. The average Bonchev–Trinajstić information content (AvgIpc) is 2.63. The SMILES string of the molecule is CCCCCCCCCCCCC(C)OC(=O)C1CCCC(C(=O)O)C1. The van der Waals surface area contributed by atoms with Gasteiger partial charge in [-0.25, -0.2) is 0 Å². The van der Waals surface area contributed by atoms with E-state index in [2.05, 4.69) is 6.92 Å². The molecular weight excluding hydrogens is 328 g/mol. The normalized spacial score (nSPS) is 21.3. The number of carbonyl (C=O) groups is 2. The number of ether oxygens (including phenoxy) is 1. The van der Waals surface area contributed by atoms with Crippen LogP contribution in [0, 0.1) is 11.8 Å². The van der Waals surface area contributed by atoms with Crippen molar-refractivity contribution in [2.75, 3.05) is 0 Å². The van der Waals surface area contributed by atoms with Gasteiger partial charge in [0.15, 0.2) is 0 Å². The molecule has 26 heavy (non-hydrogen) atoms. The molecule has 1 saturated carbocycles. The summed E-state index contributed by atoms with van der Waals surface area (Å²) in [6.45, 7) is 4.21. The maximum Gasteiger partial charge on any atom is 0.309 e. The summed E-state index contributed by atoms with van der Waals surface area (Å²) < 4.78 is 5.57. The summed E-state index contributed by atoms with van der Waals surface area (Å²) in [5, 5.41) is 9.13. The highest BCUT2D eigenvalue weighted by Crippen LogP contribution is 2.30. The number of esters is 1. The standard InChI is InChI=1S/C22H40O4/c1-3-4-5-6-7-8-9-10-11-12-14-18(2)26-22(25)20-16-13-15-19(17-20)21(23)24/h18-20H,3-17H2,1-2H3,(H,23,24). The first-order valence-corrected chi connectivity index (χ1v) is 11.0. The Morgan fingerprint density at radius 3 is 2.04 bits per heavy atom. The second kappa shape index (κ2) is 14.1. The highest BCUT2D eigenvalue weighted by atomic mass is 16.5. The van der Waals surface area contributed by atoms with E-state index in [0.29, 0.717) is 12.8 Å². The van der Waals surface area contributed by atoms with Crippen molar-refractivity contribution >= 4 is 11.9 Å². The number of hydrogen-bond donors (Lipinski definition) is 1. The molecule has 1 fully saturated rings. The van der Waals surface area contributed by atoms with Crippen molar-refractivity contribution in [1.82, 2.24) is 0 Å². The lowest BCUT2D eigenvalue weighted by Crippen LogP contribution is -2.30. The van der Waals surface area contributed by atoms with Crippen LogP contribution in [-0.4, -0.2) is 23.1 Å². The van der Waals surface area contributed by atoms with Gasteiger partial charge in [-0.3, -0.25) is 9.59 Å². The monoisotopic (exact) mass is 368 g/mol. The minimum atomic E-state index is -0.777. The van der Waals surface area contributed by atoms with Gasteiger partial charge in [0.1, 0.15) is 0 Å². The molecule has 0 saturated heterocycles. The van der Waals surface area contributed by atoms with Crippen LogP contribution in [0.5, 0.6) is 0 Å². The molecule has 0 aliphatic heterocycles. The molecule has 3 atom stereocenters. The van der Waals surface area contributed by atoms with Crippen molar-refractivity contribution in [1.29, 1.82) is 0 Å². The lowest BCUT2D eigenvalue weighted by molar-refractivity contribution is -0.156. The first-order chi connectivity index (χ1) is 12.5. The van der Waals surface area contributed by atoms with Crippen molar-refractivity contribution in [3.63, 3.8) is 0 Å². The highest BCUT2D eigenvalue weighted by Gasteiger charge is 2.32. The van der Waals surface area contributed by atoms with E-state index in [4.69, 9.17) is 9.84 Å². The smallest absolute Gasteiger partial charge is 0.309 e. The Hall–Kier alpha value is -1.06. The first kappa shape index (κ1) is 23.0. The number of carboxylic acid groups (broad SMARTS) is 1. The summed E-state index contributed by atoms with van der Waals surface area (Å²) in [7, 11) is 0. The topological polar surface area (TPSA) is 63.6 Å². The molecule has 0 spiro atoms. The summed E-state index contributed by atoms with van der Waals surface area (Å²) in [5.41, 5.74) is 0. The fraction of sp³-hybridized carbons (Fsp3) is 0.909. The Morgan fingerprint density at radius 2 is 1.46 bits per heavy atom. The van der Waals surface area contributed by atoms with E-state index in [1.54, 1.807) is 0 Å². The van der Waals surface area contributed by atoms with Crippen molar-refractivity contribution < 1.29 is 19.4 Å². The number of unbranched alkanes of at least 4 members (excludes halogenated alkanes) is 9. The minimum absolute atomic E-state index is 0.0539. The largest absolute Gasteiger partial charge is 0.481 e. The zero-order valence-corrected chi connectivity index (χ0v) is 17.0. The highest BCUT2D eigenvalue weighted by molar-refractivity contribution is 5.75. The van der Waals surface area contributed by atoms with E-state index < -0.39 is 5.97 Å². The Balaban J connectivity index is 2.03. The van der Waals surface area contributed by atoms with Crippen LogP contribution in [0.3, 0.4) is 0 Å². The van der Waals surface area contributed by atoms with Crippen molar-refractivity contribution in [3.8, 4) is 0 Å². The van der Waals surface area contributed by atoms with Crippen LogP contribution in [0.4, 0.5) is 0 Å². The van der Waals surface area contributed by atoms with Crippen LogP contribution in [-0.2, 0) is 14.3 Å². The van der Waals surface area contributed by atoms with Crippen molar-refractivity contribution in [2.45, 2.75) is 116 Å². The number of carbonyl (C=O) groups excluding carboxylic acids is 1. The summed E-state index contributed by atoms with van der Waals surface area (Å²) in [6, 6.07) is 0. The third kappa shape index (κ3) is 10.2.